The predicted octanol–water partition coefficient (Wildman–Crippen LogP) is 3.42. The molecule has 0 aliphatic heterocycles. The Morgan fingerprint density at radius 1 is 1.05 bits per heavy atom. The van der Waals surface area contributed by atoms with Crippen molar-refractivity contribution >= 4 is 11.6 Å². The van der Waals surface area contributed by atoms with Crippen LogP contribution in [0.25, 0.3) is 0 Å². The van der Waals surface area contributed by atoms with E-state index in [-0.39, 0.29) is 5.91 Å². The van der Waals surface area contributed by atoms with E-state index < -0.39 is 0 Å². The zero-order chi connectivity index (χ0) is 15.1. The van der Waals surface area contributed by atoms with Crippen molar-refractivity contribution in [1.29, 1.82) is 0 Å². The summed E-state index contributed by atoms with van der Waals surface area (Å²) in [6.45, 7) is 5.58. The minimum Gasteiger partial charge on any atom is -0.326 e. The summed E-state index contributed by atoms with van der Waals surface area (Å²) in [5.41, 5.74) is 4.55. The second-order valence-corrected chi connectivity index (χ2v) is 5.27. The summed E-state index contributed by atoms with van der Waals surface area (Å²) in [6, 6.07) is 16.1. The van der Waals surface area contributed by atoms with Crippen molar-refractivity contribution in [1.82, 2.24) is 5.32 Å². The molecule has 2 N–H and O–H groups in total. The largest absolute Gasteiger partial charge is 0.326 e. The lowest BCUT2D eigenvalue weighted by molar-refractivity contribution is -0.116. The van der Waals surface area contributed by atoms with Gasteiger partial charge in [-0.05, 0) is 42.7 Å². The molecule has 0 aliphatic carbocycles. The van der Waals surface area contributed by atoms with Crippen molar-refractivity contribution < 1.29 is 4.79 Å². The molecule has 110 valence electrons. The van der Waals surface area contributed by atoms with Crippen molar-refractivity contribution in [3.63, 3.8) is 0 Å². The van der Waals surface area contributed by atoms with E-state index in [0.29, 0.717) is 13.0 Å². The maximum absolute atomic E-state index is 11.9. The Hall–Kier alpha value is -2.13. The van der Waals surface area contributed by atoms with Crippen molar-refractivity contribution in [2.45, 2.75) is 26.8 Å². The lowest BCUT2D eigenvalue weighted by Crippen LogP contribution is -2.21. The normalized spacial score (nSPS) is 10.4. The van der Waals surface area contributed by atoms with Crippen LogP contribution in [0.1, 0.15) is 23.1 Å². The van der Waals surface area contributed by atoms with E-state index in [4.69, 9.17) is 0 Å². The van der Waals surface area contributed by atoms with Crippen LogP contribution >= 0.6 is 0 Å². The van der Waals surface area contributed by atoms with Gasteiger partial charge in [-0.25, -0.2) is 0 Å². The molecule has 2 rings (SSSR count). The van der Waals surface area contributed by atoms with Gasteiger partial charge in [0.25, 0.3) is 0 Å². The first-order chi connectivity index (χ1) is 10.1. The van der Waals surface area contributed by atoms with Crippen LogP contribution in [0.4, 0.5) is 5.69 Å². The van der Waals surface area contributed by atoms with E-state index >= 15 is 0 Å². The van der Waals surface area contributed by atoms with Gasteiger partial charge in [0, 0.05) is 25.2 Å². The van der Waals surface area contributed by atoms with E-state index in [1.807, 2.05) is 43.3 Å². The molecule has 1 amide bonds. The minimum absolute atomic E-state index is 0.0397. The van der Waals surface area contributed by atoms with Gasteiger partial charge in [0.1, 0.15) is 0 Å². The minimum atomic E-state index is 0.0397. The molecule has 0 atom stereocenters. The lowest BCUT2D eigenvalue weighted by Gasteiger charge is -2.08. The molecule has 0 bridgehead atoms. The Morgan fingerprint density at radius 3 is 2.62 bits per heavy atom. The van der Waals surface area contributed by atoms with Gasteiger partial charge in [0.05, 0.1) is 0 Å². The Balaban J connectivity index is 1.71. The fourth-order valence-corrected chi connectivity index (χ4v) is 2.18. The quantitative estimate of drug-likeness (QED) is 0.797. The van der Waals surface area contributed by atoms with Gasteiger partial charge in [-0.2, -0.15) is 0 Å². The molecule has 0 fully saturated rings. The number of benzene rings is 2. The highest BCUT2D eigenvalue weighted by Crippen LogP contribution is 2.09. The third kappa shape index (κ3) is 5.04. The van der Waals surface area contributed by atoms with Crippen LogP contribution < -0.4 is 10.6 Å². The van der Waals surface area contributed by atoms with Gasteiger partial charge in [-0.15, -0.1) is 0 Å². The third-order valence-corrected chi connectivity index (χ3v) is 3.41. The SMILES string of the molecule is Cc1cccc(NC(=O)CCNCc2ccccc2C)c1. The second kappa shape index (κ2) is 7.60. The van der Waals surface area contributed by atoms with Gasteiger partial charge >= 0.3 is 0 Å². The number of hydrogen-bond acceptors (Lipinski definition) is 2. The molecule has 0 spiro atoms. The smallest absolute Gasteiger partial charge is 0.225 e. The summed E-state index contributed by atoms with van der Waals surface area (Å²) in [6.07, 6.45) is 0.472. The van der Waals surface area contributed by atoms with Crippen LogP contribution in [0.2, 0.25) is 0 Å². The first-order valence-electron chi connectivity index (χ1n) is 7.27. The van der Waals surface area contributed by atoms with E-state index in [0.717, 1.165) is 17.8 Å². The fourth-order valence-electron chi connectivity index (χ4n) is 2.18. The van der Waals surface area contributed by atoms with Gasteiger partial charge in [-0.3, -0.25) is 4.79 Å². The second-order valence-electron chi connectivity index (χ2n) is 5.27. The maximum atomic E-state index is 11.9. The number of rotatable bonds is 6. The van der Waals surface area contributed by atoms with E-state index in [2.05, 4.69) is 29.7 Å². The van der Waals surface area contributed by atoms with Gasteiger partial charge < -0.3 is 10.6 Å². The standard InChI is InChI=1S/C18H22N2O/c1-14-6-5-9-17(12-14)20-18(21)10-11-19-13-16-8-4-3-7-15(16)2/h3-9,12,19H,10-11,13H2,1-2H3,(H,20,21). The first kappa shape index (κ1) is 15.3. The van der Waals surface area contributed by atoms with Crippen LogP contribution in [0, 0.1) is 13.8 Å². The lowest BCUT2D eigenvalue weighted by atomic mass is 10.1. The van der Waals surface area contributed by atoms with E-state index in [1.165, 1.54) is 11.1 Å². The number of aryl methyl sites for hydroxylation is 2. The first-order valence-corrected chi connectivity index (χ1v) is 7.27. The van der Waals surface area contributed by atoms with Crippen LogP contribution in [-0.4, -0.2) is 12.5 Å². The fraction of sp³-hybridized carbons (Fsp3) is 0.278. The van der Waals surface area contributed by atoms with E-state index in [9.17, 15) is 4.79 Å². The Morgan fingerprint density at radius 2 is 1.86 bits per heavy atom. The molecule has 0 radical (unpaired) electrons. The molecule has 3 nitrogen and oxygen atoms in total. The monoisotopic (exact) mass is 282 g/mol. The summed E-state index contributed by atoms with van der Waals surface area (Å²) in [4.78, 5) is 11.9. The summed E-state index contributed by atoms with van der Waals surface area (Å²) < 4.78 is 0. The van der Waals surface area contributed by atoms with Crippen LogP contribution in [-0.2, 0) is 11.3 Å². The molecule has 21 heavy (non-hydrogen) atoms. The number of amides is 1. The molecule has 3 heteroatoms. The number of carbonyl (C=O) groups is 1. The predicted molar refractivity (Wildman–Crippen MR) is 87.3 cm³/mol. The Labute approximate surface area is 126 Å². The maximum Gasteiger partial charge on any atom is 0.225 e. The number of nitrogens with one attached hydrogen (secondary N) is 2. The summed E-state index contributed by atoms with van der Waals surface area (Å²) in [5.74, 6) is 0.0397. The molecular weight excluding hydrogens is 260 g/mol. The van der Waals surface area contributed by atoms with Crippen LogP contribution in [0.15, 0.2) is 48.5 Å². The van der Waals surface area contributed by atoms with Crippen molar-refractivity contribution in [2.24, 2.45) is 0 Å². The summed E-state index contributed by atoms with van der Waals surface area (Å²) in [7, 11) is 0. The molecule has 2 aromatic rings. The number of hydrogen-bond donors (Lipinski definition) is 2. The third-order valence-electron chi connectivity index (χ3n) is 3.41. The van der Waals surface area contributed by atoms with Gasteiger partial charge in [0.15, 0.2) is 0 Å². The highest BCUT2D eigenvalue weighted by atomic mass is 16.1. The van der Waals surface area contributed by atoms with Crippen LogP contribution in [0.5, 0.6) is 0 Å². The Kier molecular flexibility index (Phi) is 5.52. The average molecular weight is 282 g/mol. The summed E-state index contributed by atoms with van der Waals surface area (Å²) >= 11 is 0. The van der Waals surface area contributed by atoms with Crippen molar-refractivity contribution in [2.75, 3.05) is 11.9 Å². The Bertz CT molecular complexity index is 608. The highest BCUT2D eigenvalue weighted by Gasteiger charge is 2.02. The number of anilines is 1. The van der Waals surface area contributed by atoms with E-state index in [1.54, 1.807) is 0 Å². The van der Waals surface area contributed by atoms with Crippen molar-refractivity contribution in [3.8, 4) is 0 Å². The molecular formula is C18H22N2O. The molecule has 2 aromatic carbocycles. The topological polar surface area (TPSA) is 41.1 Å². The molecule has 0 aliphatic rings. The zero-order valence-electron chi connectivity index (χ0n) is 12.6. The van der Waals surface area contributed by atoms with Crippen LogP contribution in [0.3, 0.4) is 0 Å². The zero-order valence-corrected chi connectivity index (χ0v) is 12.6. The molecule has 0 unspecified atom stereocenters. The molecule has 0 aromatic heterocycles. The molecule has 0 heterocycles. The number of carbonyl (C=O) groups excluding carboxylic acids is 1. The van der Waals surface area contributed by atoms with Crippen molar-refractivity contribution in [3.05, 3.63) is 65.2 Å². The average Bonchev–Trinajstić information content (AvgIpc) is 2.45. The van der Waals surface area contributed by atoms with Gasteiger partial charge in [-0.1, -0.05) is 36.4 Å². The van der Waals surface area contributed by atoms with Gasteiger partial charge in [0.2, 0.25) is 5.91 Å². The molecule has 0 saturated heterocycles. The highest BCUT2D eigenvalue weighted by molar-refractivity contribution is 5.90. The summed E-state index contributed by atoms with van der Waals surface area (Å²) in [5, 5.41) is 6.22. The molecule has 0 saturated carbocycles.